The summed E-state index contributed by atoms with van der Waals surface area (Å²) >= 11 is 0. The van der Waals surface area contributed by atoms with Crippen molar-refractivity contribution in [3.8, 4) is 16.9 Å². The Hall–Kier alpha value is -2.90. The lowest BCUT2D eigenvalue weighted by atomic mass is 9.99. The van der Waals surface area contributed by atoms with Crippen LogP contribution < -0.4 is 4.74 Å². The van der Waals surface area contributed by atoms with E-state index in [4.69, 9.17) is 9.47 Å². The van der Waals surface area contributed by atoms with Gasteiger partial charge in [-0.3, -0.25) is 0 Å². The normalized spacial score (nSPS) is 12.0. The maximum absolute atomic E-state index is 12.4. The number of fused-ring (bicyclic) bond motifs is 3. The first-order valence-electron chi connectivity index (χ1n) is 9.80. The highest BCUT2D eigenvalue weighted by Gasteiger charge is 2.18. The van der Waals surface area contributed by atoms with Gasteiger partial charge in [0.1, 0.15) is 18.0 Å². The summed E-state index contributed by atoms with van der Waals surface area (Å²) in [4.78, 5) is 8.22. The molecule has 0 spiro atoms. The molecule has 6 nitrogen and oxygen atoms in total. The summed E-state index contributed by atoms with van der Waals surface area (Å²) in [6, 6.07) is 13.0. The molecule has 2 aromatic carbocycles. The molecule has 4 rings (SSSR count). The molecule has 0 atom stereocenters. The minimum atomic E-state index is -3.30. The molecule has 0 unspecified atom stereocenters. The first-order chi connectivity index (χ1) is 14.4. The molecule has 2 aromatic heterocycles. The molecule has 2 heterocycles. The molecule has 1 N–H and O–H groups in total. The third-order valence-electron chi connectivity index (χ3n) is 5.13. The fourth-order valence-corrected chi connectivity index (χ4v) is 4.51. The van der Waals surface area contributed by atoms with Gasteiger partial charge in [-0.2, -0.15) is 0 Å². The van der Waals surface area contributed by atoms with Crippen molar-refractivity contribution in [2.45, 2.75) is 18.7 Å². The molecule has 0 radical (unpaired) electrons. The number of sulfone groups is 1. The summed E-state index contributed by atoms with van der Waals surface area (Å²) in [7, 11) is -1.67. The molecule has 0 saturated heterocycles. The molecule has 0 saturated carbocycles. The highest BCUT2D eigenvalue weighted by molar-refractivity contribution is 7.91. The summed E-state index contributed by atoms with van der Waals surface area (Å²) in [5.41, 5.74) is 4.40. The highest BCUT2D eigenvalue weighted by Crippen LogP contribution is 2.39. The topological polar surface area (TPSA) is 81.3 Å². The first-order valence-corrected chi connectivity index (χ1v) is 11.5. The lowest BCUT2D eigenvalue weighted by Gasteiger charge is -2.11. The van der Waals surface area contributed by atoms with Crippen molar-refractivity contribution >= 4 is 31.8 Å². The van der Waals surface area contributed by atoms with Crippen molar-refractivity contribution in [3.05, 3.63) is 54.2 Å². The van der Waals surface area contributed by atoms with Gasteiger partial charge in [0.05, 0.1) is 22.8 Å². The highest BCUT2D eigenvalue weighted by atomic mass is 32.2. The molecule has 30 heavy (non-hydrogen) atoms. The van der Waals surface area contributed by atoms with E-state index in [0.29, 0.717) is 23.9 Å². The van der Waals surface area contributed by atoms with E-state index in [1.807, 2.05) is 31.3 Å². The van der Waals surface area contributed by atoms with Gasteiger partial charge >= 0.3 is 0 Å². The number of aromatic amines is 1. The molecular formula is C23H24N2O4S. The molecule has 0 amide bonds. The van der Waals surface area contributed by atoms with E-state index in [1.165, 1.54) is 0 Å². The van der Waals surface area contributed by atoms with Gasteiger partial charge in [-0.05, 0) is 53.9 Å². The van der Waals surface area contributed by atoms with E-state index in [0.717, 1.165) is 38.6 Å². The second kappa shape index (κ2) is 8.08. The lowest BCUT2D eigenvalue weighted by molar-refractivity contribution is 0.147. The molecule has 0 aliphatic carbocycles. The number of benzene rings is 2. The van der Waals surface area contributed by atoms with Crippen LogP contribution in [0.2, 0.25) is 0 Å². The van der Waals surface area contributed by atoms with E-state index in [1.54, 1.807) is 32.2 Å². The minimum absolute atomic E-state index is 0.0638. The Kier molecular flexibility index (Phi) is 5.49. The first kappa shape index (κ1) is 20.4. The minimum Gasteiger partial charge on any atom is -0.489 e. The van der Waals surface area contributed by atoms with Crippen LogP contribution in [0.3, 0.4) is 0 Å². The zero-order valence-electron chi connectivity index (χ0n) is 17.2. The number of methoxy groups -OCH3 is 1. The fraction of sp³-hybridized carbons (Fsp3) is 0.261. The SMILES string of the molecule is CCS(=O)(=O)c1cccc(-c2ccc(OCCOC)c3[nH]c4ncc(C)cc4c23)c1. The maximum Gasteiger partial charge on any atom is 0.178 e. The van der Waals surface area contributed by atoms with Crippen LogP contribution in [0, 0.1) is 6.92 Å². The standard InChI is InChI=1S/C23H24N2O4S/c1-4-30(26,27)17-7-5-6-16(13-17)18-8-9-20(29-11-10-28-3)22-21(18)19-12-15(2)14-24-23(19)25-22/h5-9,12-14H,4,10-11H2,1-3H3,(H,24,25). The quantitative estimate of drug-likeness (QED) is 0.442. The van der Waals surface area contributed by atoms with Crippen LogP contribution in [0.1, 0.15) is 12.5 Å². The Morgan fingerprint density at radius 3 is 2.70 bits per heavy atom. The Morgan fingerprint density at radius 2 is 1.93 bits per heavy atom. The average molecular weight is 425 g/mol. The zero-order chi connectivity index (χ0) is 21.3. The molecule has 0 aliphatic heterocycles. The molecule has 156 valence electrons. The number of rotatable bonds is 7. The van der Waals surface area contributed by atoms with E-state index < -0.39 is 9.84 Å². The predicted molar refractivity (Wildman–Crippen MR) is 119 cm³/mol. The summed E-state index contributed by atoms with van der Waals surface area (Å²) in [5.74, 6) is 0.771. The van der Waals surface area contributed by atoms with Gasteiger partial charge in [-0.1, -0.05) is 19.1 Å². The van der Waals surface area contributed by atoms with Crippen LogP contribution in [0.15, 0.2) is 53.6 Å². The number of pyridine rings is 1. The second-order valence-corrected chi connectivity index (χ2v) is 9.45. The van der Waals surface area contributed by atoms with Gasteiger partial charge < -0.3 is 14.5 Å². The summed E-state index contributed by atoms with van der Waals surface area (Å²) < 4.78 is 35.8. The smallest absolute Gasteiger partial charge is 0.178 e. The van der Waals surface area contributed by atoms with E-state index >= 15 is 0 Å². The van der Waals surface area contributed by atoms with Crippen molar-refractivity contribution in [2.75, 3.05) is 26.1 Å². The van der Waals surface area contributed by atoms with E-state index in [-0.39, 0.29) is 5.75 Å². The number of H-pyrrole nitrogens is 1. The molecule has 0 fully saturated rings. The maximum atomic E-state index is 12.4. The number of hydrogen-bond donors (Lipinski definition) is 1. The van der Waals surface area contributed by atoms with Crippen LogP contribution in [0.25, 0.3) is 33.1 Å². The van der Waals surface area contributed by atoms with Gasteiger partial charge in [0.15, 0.2) is 9.84 Å². The number of aryl methyl sites for hydroxylation is 1. The fourth-order valence-electron chi connectivity index (χ4n) is 3.58. The molecular weight excluding hydrogens is 400 g/mol. The monoisotopic (exact) mass is 424 g/mol. The van der Waals surface area contributed by atoms with Gasteiger partial charge in [-0.25, -0.2) is 13.4 Å². The van der Waals surface area contributed by atoms with Crippen molar-refractivity contribution in [3.63, 3.8) is 0 Å². The Labute approximate surface area is 175 Å². The van der Waals surface area contributed by atoms with Crippen LogP contribution in [-0.4, -0.2) is 44.5 Å². The summed E-state index contributed by atoms with van der Waals surface area (Å²) in [6.07, 6.45) is 1.82. The Balaban J connectivity index is 1.97. The predicted octanol–water partition coefficient (Wildman–Crippen LogP) is 4.51. The molecule has 0 bridgehead atoms. The van der Waals surface area contributed by atoms with Gasteiger partial charge in [0.25, 0.3) is 0 Å². The van der Waals surface area contributed by atoms with Crippen molar-refractivity contribution in [2.24, 2.45) is 0 Å². The number of hydrogen-bond acceptors (Lipinski definition) is 5. The molecule has 4 aromatic rings. The van der Waals surface area contributed by atoms with Gasteiger partial charge in [-0.15, -0.1) is 0 Å². The summed E-state index contributed by atoms with van der Waals surface area (Å²) in [5, 5.41) is 1.93. The Morgan fingerprint density at radius 1 is 1.10 bits per heavy atom. The van der Waals surface area contributed by atoms with E-state index in [2.05, 4.69) is 16.0 Å². The third-order valence-corrected chi connectivity index (χ3v) is 6.87. The van der Waals surface area contributed by atoms with Gasteiger partial charge in [0, 0.05) is 24.1 Å². The molecule has 7 heteroatoms. The number of ether oxygens (including phenoxy) is 2. The third kappa shape index (κ3) is 3.66. The molecule has 0 aliphatic rings. The van der Waals surface area contributed by atoms with Crippen LogP contribution >= 0.6 is 0 Å². The zero-order valence-corrected chi connectivity index (χ0v) is 18.0. The second-order valence-electron chi connectivity index (χ2n) is 7.17. The van der Waals surface area contributed by atoms with Crippen molar-refractivity contribution < 1.29 is 17.9 Å². The van der Waals surface area contributed by atoms with Crippen molar-refractivity contribution in [1.29, 1.82) is 0 Å². The Bertz CT molecular complexity index is 1330. The lowest BCUT2D eigenvalue weighted by Crippen LogP contribution is -2.04. The largest absolute Gasteiger partial charge is 0.489 e. The number of aromatic nitrogens is 2. The van der Waals surface area contributed by atoms with Crippen LogP contribution in [-0.2, 0) is 14.6 Å². The van der Waals surface area contributed by atoms with Gasteiger partial charge in [0.2, 0.25) is 0 Å². The van der Waals surface area contributed by atoms with E-state index in [9.17, 15) is 8.42 Å². The number of nitrogens with zero attached hydrogens (tertiary/aromatic N) is 1. The van der Waals surface area contributed by atoms with Crippen molar-refractivity contribution in [1.82, 2.24) is 9.97 Å². The average Bonchev–Trinajstić information content (AvgIpc) is 3.13. The van der Waals surface area contributed by atoms with Crippen LogP contribution in [0.4, 0.5) is 0 Å². The summed E-state index contributed by atoms with van der Waals surface area (Å²) in [6.45, 7) is 4.56. The van der Waals surface area contributed by atoms with Crippen LogP contribution in [0.5, 0.6) is 5.75 Å². The number of nitrogens with one attached hydrogen (secondary N) is 1.